The molecule has 0 saturated carbocycles. The second-order valence-corrected chi connectivity index (χ2v) is 8.49. The minimum absolute atomic E-state index is 0.206. The number of para-hydroxylation sites is 1. The van der Waals surface area contributed by atoms with Gasteiger partial charge in [0.2, 0.25) is 0 Å². The molecule has 5 heteroatoms. The number of aromatic nitrogens is 2. The fraction of sp³-hybridized carbons (Fsp3) is 0.370. The van der Waals surface area contributed by atoms with Crippen molar-refractivity contribution in [2.45, 2.75) is 33.7 Å². The van der Waals surface area contributed by atoms with E-state index in [0.717, 1.165) is 55.2 Å². The molecular formula is C27H33FN4. The van der Waals surface area contributed by atoms with E-state index in [-0.39, 0.29) is 5.82 Å². The lowest BCUT2D eigenvalue weighted by atomic mass is 10.1. The number of halogens is 1. The summed E-state index contributed by atoms with van der Waals surface area (Å²) in [5.74, 6) is 0.807. The topological polar surface area (TPSA) is 24.3 Å². The van der Waals surface area contributed by atoms with Gasteiger partial charge < -0.3 is 14.4 Å². The van der Waals surface area contributed by atoms with E-state index in [1.165, 1.54) is 28.4 Å². The van der Waals surface area contributed by atoms with E-state index in [1.807, 2.05) is 12.1 Å². The van der Waals surface area contributed by atoms with Crippen molar-refractivity contribution < 1.29 is 4.39 Å². The fourth-order valence-corrected chi connectivity index (χ4v) is 4.57. The first-order valence-corrected chi connectivity index (χ1v) is 11.6. The molecule has 0 N–H and O–H groups in total. The zero-order valence-electron chi connectivity index (χ0n) is 19.6. The van der Waals surface area contributed by atoms with Gasteiger partial charge in [-0.1, -0.05) is 44.2 Å². The number of rotatable bonds is 9. The van der Waals surface area contributed by atoms with Gasteiger partial charge in [0.05, 0.1) is 11.2 Å². The standard InChI is InChI=1S/C27H33FN4/c1-5-31(6-2)17-9-16-30(4)26-18-24-23-10-7-8-11-25(23)32(27(24)20(3)29-26)19-21-12-14-22(28)15-13-21/h7-8,10-15,18H,5-6,9,16-17,19H2,1-4H3. The van der Waals surface area contributed by atoms with Crippen molar-refractivity contribution in [3.63, 3.8) is 0 Å². The summed E-state index contributed by atoms with van der Waals surface area (Å²) in [4.78, 5) is 9.71. The number of nitrogens with zero attached hydrogens (tertiary/aromatic N) is 4. The molecule has 0 aliphatic heterocycles. The first-order valence-electron chi connectivity index (χ1n) is 11.6. The van der Waals surface area contributed by atoms with Crippen molar-refractivity contribution in [1.82, 2.24) is 14.5 Å². The molecule has 0 saturated heterocycles. The summed E-state index contributed by atoms with van der Waals surface area (Å²) in [5, 5.41) is 2.45. The Morgan fingerprint density at radius 1 is 0.938 bits per heavy atom. The Bertz CT molecular complexity index is 1190. The van der Waals surface area contributed by atoms with E-state index < -0.39 is 0 Å². The Labute approximate surface area is 190 Å². The quantitative estimate of drug-likeness (QED) is 0.331. The third-order valence-corrected chi connectivity index (χ3v) is 6.42. The Morgan fingerprint density at radius 2 is 1.66 bits per heavy atom. The highest BCUT2D eigenvalue weighted by Crippen LogP contribution is 2.33. The molecule has 0 bridgehead atoms. The molecule has 4 aromatic rings. The van der Waals surface area contributed by atoms with Crippen LogP contribution in [-0.2, 0) is 6.54 Å². The molecule has 32 heavy (non-hydrogen) atoms. The van der Waals surface area contributed by atoms with E-state index in [4.69, 9.17) is 4.98 Å². The van der Waals surface area contributed by atoms with Crippen LogP contribution in [0, 0.1) is 12.7 Å². The van der Waals surface area contributed by atoms with Crippen LogP contribution < -0.4 is 4.90 Å². The van der Waals surface area contributed by atoms with Crippen LogP contribution in [0.2, 0.25) is 0 Å². The first kappa shape index (κ1) is 22.3. The van der Waals surface area contributed by atoms with Crippen LogP contribution >= 0.6 is 0 Å². The fourth-order valence-electron chi connectivity index (χ4n) is 4.57. The second kappa shape index (κ2) is 9.70. The molecule has 4 rings (SSSR count). The van der Waals surface area contributed by atoms with E-state index in [2.05, 4.69) is 72.5 Å². The predicted octanol–water partition coefficient (Wildman–Crippen LogP) is 5.85. The maximum atomic E-state index is 13.4. The summed E-state index contributed by atoms with van der Waals surface area (Å²) in [7, 11) is 2.13. The maximum Gasteiger partial charge on any atom is 0.129 e. The summed E-state index contributed by atoms with van der Waals surface area (Å²) in [5.41, 5.74) is 4.42. The summed E-state index contributed by atoms with van der Waals surface area (Å²) in [6.07, 6.45) is 1.11. The number of fused-ring (bicyclic) bond motifs is 3. The van der Waals surface area contributed by atoms with Crippen LogP contribution in [0.4, 0.5) is 10.2 Å². The highest BCUT2D eigenvalue weighted by molar-refractivity contribution is 6.09. The van der Waals surface area contributed by atoms with Gasteiger partial charge in [-0.2, -0.15) is 0 Å². The van der Waals surface area contributed by atoms with Crippen molar-refractivity contribution in [3.8, 4) is 0 Å². The van der Waals surface area contributed by atoms with E-state index in [9.17, 15) is 4.39 Å². The van der Waals surface area contributed by atoms with Crippen molar-refractivity contribution >= 4 is 27.6 Å². The highest BCUT2D eigenvalue weighted by atomic mass is 19.1. The Hall–Kier alpha value is -2.92. The van der Waals surface area contributed by atoms with Gasteiger partial charge in [0, 0.05) is 36.4 Å². The van der Waals surface area contributed by atoms with E-state index in [1.54, 1.807) is 0 Å². The summed E-state index contributed by atoms with van der Waals surface area (Å²) in [6.45, 7) is 11.5. The van der Waals surface area contributed by atoms with Gasteiger partial charge in [0.15, 0.2) is 0 Å². The molecular weight excluding hydrogens is 399 g/mol. The van der Waals surface area contributed by atoms with Crippen LogP contribution in [0.3, 0.4) is 0 Å². The molecule has 0 atom stereocenters. The lowest BCUT2D eigenvalue weighted by molar-refractivity contribution is 0.301. The summed E-state index contributed by atoms with van der Waals surface area (Å²) in [6, 6.07) is 17.5. The maximum absolute atomic E-state index is 13.4. The van der Waals surface area contributed by atoms with Crippen molar-refractivity contribution in [2.24, 2.45) is 0 Å². The molecule has 2 aromatic carbocycles. The third kappa shape index (κ3) is 4.49. The van der Waals surface area contributed by atoms with Gasteiger partial charge in [-0.15, -0.1) is 0 Å². The summed E-state index contributed by atoms with van der Waals surface area (Å²) >= 11 is 0. The van der Waals surface area contributed by atoms with Gasteiger partial charge in [-0.3, -0.25) is 0 Å². The number of anilines is 1. The molecule has 0 aliphatic carbocycles. The minimum Gasteiger partial charge on any atom is -0.360 e. The minimum atomic E-state index is -0.206. The van der Waals surface area contributed by atoms with Crippen molar-refractivity contribution in [2.75, 3.05) is 38.1 Å². The normalized spacial score (nSPS) is 11.7. The molecule has 4 nitrogen and oxygen atoms in total. The molecule has 0 aliphatic rings. The monoisotopic (exact) mass is 432 g/mol. The first-order chi connectivity index (χ1) is 15.5. The third-order valence-electron chi connectivity index (χ3n) is 6.42. The molecule has 168 valence electrons. The predicted molar refractivity (Wildman–Crippen MR) is 133 cm³/mol. The SMILES string of the molecule is CCN(CC)CCCN(C)c1cc2c3ccccc3n(Cc3ccc(F)cc3)c2c(C)n1. The molecule has 0 radical (unpaired) electrons. The van der Waals surface area contributed by atoms with E-state index >= 15 is 0 Å². The van der Waals surface area contributed by atoms with Crippen LogP contribution in [-0.4, -0.2) is 47.7 Å². The molecule has 2 aromatic heterocycles. The molecule has 2 heterocycles. The van der Waals surface area contributed by atoms with Gasteiger partial charge in [0.1, 0.15) is 11.6 Å². The van der Waals surface area contributed by atoms with Crippen molar-refractivity contribution in [1.29, 1.82) is 0 Å². The van der Waals surface area contributed by atoms with Crippen LogP contribution in [0.1, 0.15) is 31.5 Å². The number of pyridine rings is 1. The van der Waals surface area contributed by atoms with Gasteiger partial charge >= 0.3 is 0 Å². The Balaban J connectivity index is 1.69. The van der Waals surface area contributed by atoms with Crippen LogP contribution in [0.5, 0.6) is 0 Å². The molecule has 0 unspecified atom stereocenters. The molecule has 0 fully saturated rings. The van der Waals surface area contributed by atoms with Gasteiger partial charge in [-0.05, 0) is 62.8 Å². The largest absolute Gasteiger partial charge is 0.360 e. The van der Waals surface area contributed by atoms with Crippen LogP contribution in [0.25, 0.3) is 21.8 Å². The Kier molecular flexibility index (Phi) is 6.75. The zero-order valence-corrected chi connectivity index (χ0v) is 19.6. The lowest BCUT2D eigenvalue weighted by Gasteiger charge is -2.22. The molecule has 0 spiro atoms. The average molecular weight is 433 g/mol. The second-order valence-electron chi connectivity index (χ2n) is 8.49. The highest BCUT2D eigenvalue weighted by Gasteiger charge is 2.16. The van der Waals surface area contributed by atoms with E-state index in [0.29, 0.717) is 6.54 Å². The van der Waals surface area contributed by atoms with Gasteiger partial charge in [0.25, 0.3) is 0 Å². The number of hydrogen-bond acceptors (Lipinski definition) is 3. The van der Waals surface area contributed by atoms with Crippen molar-refractivity contribution in [3.05, 3.63) is 71.7 Å². The Morgan fingerprint density at radius 3 is 2.38 bits per heavy atom. The smallest absolute Gasteiger partial charge is 0.129 e. The lowest BCUT2D eigenvalue weighted by Crippen LogP contribution is -2.28. The number of aryl methyl sites for hydroxylation is 1. The molecule has 0 amide bonds. The number of benzene rings is 2. The zero-order chi connectivity index (χ0) is 22.7. The average Bonchev–Trinajstić information content (AvgIpc) is 3.12. The van der Waals surface area contributed by atoms with Crippen LogP contribution in [0.15, 0.2) is 54.6 Å². The number of hydrogen-bond donors (Lipinski definition) is 0. The summed E-state index contributed by atoms with van der Waals surface area (Å²) < 4.78 is 15.7. The van der Waals surface area contributed by atoms with Gasteiger partial charge in [-0.25, -0.2) is 9.37 Å².